The van der Waals surface area contributed by atoms with Crippen LogP contribution in [0.4, 0.5) is 4.79 Å². The van der Waals surface area contributed by atoms with Gasteiger partial charge in [0.15, 0.2) is 5.54 Å². The minimum atomic E-state index is -1.14. The fourth-order valence-electron chi connectivity index (χ4n) is 3.15. The molecular weight excluding hydrogens is 314 g/mol. The molecule has 3 amide bonds. The van der Waals surface area contributed by atoms with Crippen LogP contribution >= 0.6 is 0 Å². The van der Waals surface area contributed by atoms with E-state index in [1.165, 1.54) is 0 Å². The van der Waals surface area contributed by atoms with Crippen molar-refractivity contribution in [2.24, 2.45) is 5.92 Å². The van der Waals surface area contributed by atoms with Gasteiger partial charge in [-0.1, -0.05) is 60.7 Å². The summed E-state index contributed by atoms with van der Waals surface area (Å²) in [4.78, 5) is 26.9. The number of nitriles is 1. The van der Waals surface area contributed by atoms with Gasteiger partial charge >= 0.3 is 6.03 Å². The highest BCUT2D eigenvalue weighted by atomic mass is 16.2. The van der Waals surface area contributed by atoms with Crippen molar-refractivity contribution in [1.82, 2.24) is 10.2 Å². The molecule has 25 heavy (non-hydrogen) atoms. The van der Waals surface area contributed by atoms with Gasteiger partial charge in [-0.2, -0.15) is 5.26 Å². The number of urea groups is 1. The molecule has 0 bridgehead atoms. The third kappa shape index (κ3) is 3.11. The molecule has 3 rings (SSSR count). The van der Waals surface area contributed by atoms with Crippen molar-refractivity contribution in [3.63, 3.8) is 0 Å². The van der Waals surface area contributed by atoms with E-state index in [-0.39, 0.29) is 12.5 Å². The third-order valence-electron chi connectivity index (χ3n) is 4.43. The Hall–Kier alpha value is -3.13. The van der Waals surface area contributed by atoms with Gasteiger partial charge in [0.1, 0.15) is 0 Å². The first kappa shape index (κ1) is 16.7. The zero-order valence-corrected chi connectivity index (χ0v) is 14.0. The molecule has 0 aliphatic carbocycles. The number of hydrogen-bond acceptors (Lipinski definition) is 3. The summed E-state index contributed by atoms with van der Waals surface area (Å²) in [6, 6.07) is 20.5. The first-order chi connectivity index (χ1) is 12.1. The summed E-state index contributed by atoms with van der Waals surface area (Å²) in [5.41, 5.74) is 0.550. The monoisotopic (exact) mass is 333 g/mol. The normalized spacial score (nSPS) is 20.9. The number of nitrogens with one attached hydrogen (secondary N) is 1. The Morgan fingerprint density at radius 2 is 1.68 bits per heavy atom. The summed E-state index contributed by atoms with van der Waals surface area (Å²) in [6.45, 7) is 1.78. The van der Waals surface area contributed by atoms with Crippen LogP contribution in [0.3, 0.4) is 0 Å². The lowest BCUT2D eigenvalue weighted by Crippen LogP contribution is -2.46. The molecule has 1 aliphatic heterocycles. The van der Waals surface area contributed by atoms with Gasteiger partial charge in [-0.05, 0) is 18.1 Å². The van der Waals surface area contributed by atoms with Gasteiger partial charge in [-0.25, -0.2) is 4.79 Å². The first-order valence-electron chi connectivity index (χ1n) is 8.20. The number of benzene rings is 2. The SMILES string of the molecule is C[C@H](C#N)CN1C(=O)N[C@@](Cc2ccccc2)(c2ccccc2)C1=O. The van der Waals surface area contributed by atoms with Crippen molar-refractivity contribution in [3.05, 3.63) is 71.8 Å². The molecule has 1 N–H and O–H groups in total. The first-order valence-corrected chi connectivity index (χ1v) is 8.20. The largest absolute Gasteiger partial charge is 0.325 e. The molecule has 5 heteroatoms. The Kier molecular flexibility index (Phi) is 4.53. The smallest absolute Gasteiger partial charge is 0.319 e. The van der Waals surface area contributed by atoms with E-state index in [0.717, 1.165) is 16.0 Å². The fraction of sp³-hybridized carbons (Fsp3) is 0.250. The van der Waals surface area contributed by atoms with Crippen LogP contribution in [0.1, 0.15) is 18.1 Å². The third-order valence-corrected chi connectivity index (χ3v) is 4.43. The van der Waals surface area contributed by atoms with E-state index in [1.807, 2.05) is 60.7 Å². The molecule has 2 aromatic carbocycles. The molecule has 1 aliphatic rings. The van der Waals surface area contributed by atoms with E-state index in [1.54, 1.807) is 6.92 Å². The van der Waals surface area contributed by atoms with Gasteiger partial charge < -0.3 is 5.32 Å². The lowest BCUT2D eigenvalue weighted by Gasteiger charge is -2.27. The Morgan fingerprint density at radius 1 is 1.08 bits per heavy atom. The van der Waals surface area contributed by atoms with Crippen molar-refractivity contribution in [1.29, 1.82) is 5.26 Å². The van der Waals surface area contributed by atoms with Gasteiger partial charge in [0.2, 0.25) is 0 Å². The predicted molar refractivity (Wildman–Crippen MR) is 93.3 cm³/mol. The summed E-state index contributed by atoms with van der Waals surface area (Å²) in [5, 5.41) is 11.9. The molecule has 0 saturated carbocycles. The Bertz CT molecular complexity index is 814. The number of rotatable bonds is 5. The number of imide groups is 1. The van der Waals surface area contributed by atoms with Crippen LogP contribution in [-0.2, 0) is 16.8 Å². The highest BCUT2D eigenvalue weighted by Gasteiger charge is 2.52. The van der Waals surface area contributed by atoms with E-state index in [0.29, 0.717) is 6.42 Å². The highest BCUT2D eigenvalue weighted by molar-refractivity contribution is 6.07. The van der Waals surface area contributed by atoms with Gasteiger partial charge in [0, 0.05) is 13.0 Å². The molecule has 5 nitrogen and oxygen atoms in total. The van der Waals surface area contributed by atoms with Crippen molar-refractivity contribution in [2.45, 2.75) is 18.9 Å². The van der Waals surface area contributed by atoms with E-state index in [2.05, 4.69) is 11.4 Å². The molecule has 0 unspecified atom stereocenters. The summed E-state index contributed by atoms with van der Waals surface area (Å²) in [6.07, 6.45) is 0.361. The molecule has 2 aromatic rings. The zero-order valence-electron chi connectivity index (χ0n) is 14.0. The van der Waals surface area contributed by atoms with E-state index in [4.69, 9.17) is 5.26 Å². The second-order valence-electron chi connectivity index (χ2n) is 6.31. The minimum absolute atomic E-state index is 0.0878. The van der Waals surface area contributed by atoms with E-state index < -0.39 is 17.5 Å². The van der Waals surface area contributed by atoms with Gasteiger partial charge in [-0.15, -0.1) is 0 Å². The molecular formula is C20H19N3O2. The summed E-state index contributed by atoms with van der Waals surface area (Å²) in [7, 11) is 0. The van der Waals surface area contributed by atoms with Crippen molar-refractivity contribution in [2.75, 3.05) is 6.54 Å². The topological polar surface area (TPSA) is 73.2 Å². The maximum absolute atomic E-state index is 13.2. The quantitative estimate of drug-likeness (QED) is 0.855. The lowest BCUT2D eigenvalue weighted by molar-refractivity contribution is -0.131. The maximum Gasteiger partial charge on any atom is 0.325 e. The molecule has 126 valence electrons. The summed E-state index contributed by atoms with van der Waals surface area (Å²) >= 11 is 0. The molecule has 1 heterocycles. The van der Waals surface area contributed by atoms with Gasteiger partial charge in [-0.3, -0.25) is 9.69 Å². The average molecular weight is 333 g/mol. The zero-order chi connectivity index (χ0) is 17.9. The van der Waals surface area contributed by atoms with Crippen molar-refractivity contribution in [3.8, 4) is 6.07 Å². The molecule has 2 atom stereocenters. The predicted octanol–water partition coefficient (Wildman–Crippen LogP) is 2.84. The van der Waals surface area contributed by atoms with Crippen LogP contribution in [0.15, 0.2) is 60.7 Å². The lowest BCUT2D eigenvalue weighted by atomic mass is 9.83. The van der Waals surface area contributed by atoms with Gasteiger partial charge in [0.25, 0.3) is 5.91 Å². The van der Waals surface area contributed by atoms with Crippen LogP contribution in [0, 0.1) is 17.2 Å². The number of nitrogens with zero attached hydrogens (tertiary/aromatic N) is 2. The fourth-order valence-corrected chi connectivity index (χ4v) is 3.15. The van der Waals surface area contributed by atoms with E-state index in [9.17, 15) is 9.59 Å². The highest BCUT2D eigenvalue weighted by Crippen LogP contribution is 2.33. The maximum atomic E-state index is 13.2. The summed E-state index contributed by atoms with van der Waals surface area (Å²) in [5.74, 6) is -0.729. The minimum Gasteiger partial charge on any atom is -0.319 e. The van der Waals surface area contributed by atoms with Gasteiger partial charge in [0.05, 0.1) is 12.0 Å². The standard InChI is InChI=1S/C20H19N3O2/c1-15(13-21)14-23-18(24)20(22-19(23)25,17-10-6-3-7-11-17)12-16-8-4-2-5-9-16/h2-11,15H,12,14H2,1H3,(H,22,25)/t15-,20+/m1/s1. The van der Waals surface area contributed by atoms with Crippen LogP contribution in [0.25, 0.3) is 0 Å². The summed E-state index contributed by atoms with van der Waals surface area (Å²) < 4.78 is 0. The second-order valence-corrected chi connectivity index (χ2v) is 6.31. The van der Waals surface area contributed by atoms with Crippen LogP contribution in [0.2, 0.25) is 0 Å². The number of carbonyl (C=O) groups is 2. The molecule has 0 aromatic heterocycles. The number of hydrogen-bond donors (Lipinski definition) is 1. The van der Waals surface area contributed by atoms with E-state index >= 15 is 0 Å². The van der Waals surface area contributed by atoms with Crippen molar-refractivity contribution < 1.29 is 9.59 Å². The van der Waals surface area contributed by atoms with Crippen LogP contribution < -0.4 is 5.32 Å². The Labute approximate surface area is 146 Å². The van der Waals surface area contributed by atoms with Crippen molar-refractivity contribution >= 4 is 11.9 Å². The van der Waals surface area contributed by atoms with Crippen LogP contribution in [0.5, 0.6) is 0 Å². The molecule has 1 saturated heterocycles. The van der Waals surface area contributed by atoms with Crippen LogP contribution in [-0.4, -0.2) is 23.4 Å². The Balaban J connectivity index is 2.02. The molecule has 0 radical (unpaired) electrons. The second kappa shape index (κ2) is 6.78. The molecule has 1 fully saturated rings. The molecule has 0 spiro atoms. The Morgan fingerprint density at radius 3 is 2.28 bits per heavy atom. The number of carbonyl (C=O) groups excluding carboxylic acids is 2. The average Bonchev–Trinajstić information content (AvgIpc) is 2.88. The number of amides is 3.